The molecule has 2 heterocycles. The van der Waals surface area contributed by atoms with Crippen LogP contribution in [0.3, 0.4) is 0 Å². The zero-order chi connectivity index (χ0) is 30.2. The third-order valence-corrected chi connectivity index (χ3v) is 12.5. The van der Waals surface area contributed by atoms with E-state index >= 15 is 4.39 Å². The Morgan fingerprint density at radius 3 is 2.35 bits per heavy atom. The van der Waals surface area contributed by atoms with E-state index in [1.165, 1.54) is 24.4 Å². The zero-order valence-corrected chi connectivity index (χ0v) is 26.5. The van der Waals surface area contributed by atoms with Crippen LogP contribution in [0.5, 0.6) is 0 Å². The highest BCUT2D eigenvalue weighted by molar-refractivity contribution is 6.74. The number of aromatic nitrogens is 2. The van der Waals surface area contributed by atoms with Gasteiger partial charge in [-0.1, -0.05) is 65.3 Å². The Labute approximate surface area is 240 Å². The monoisotopic (exact) mass is 592 g/mol. The Morgan fingerprint density at radius 1 is 1.12 bits per heavy atom. The normalized spacial score (nSPS) is 13.5. The number of halogens is 3. The molecule has 0 aliphatic heterocycles. The number of pyridine rings is 2. The van der Waals surface area contributed by atoms with Crippen molar-refractivity contribution >= 4 is 36.9 Å². The summed E-state index contributed by atoms with van der Waals surface area (Å²) in [6.07, 6.45) is 1.22. The lowest BCUT2D eigenvalue weighted by Gasteiger charge is -2.40. The van der Waals surface area contributed by atoms with Crippen molar-refractivity contribution in [3.63, 3.8) is 0 Å². The minimum atomic E-state index is -2.19. The van der Waals surface area contributed by atoms with Crippen molar-refractivity contribution in [2.75, 3.05) is 13.2 Å². The number of esters is 1. The van der Waals surface area contributed by atoms with Gasteiger partial charge in [0.1, 0.15) is 17.0 Å². The van der Waals surface area contributed by atoms with E-state index < -0.39 is 42.9 Å². The first kappa shape index (κ1) is 31.9. The van der Waals surface area contributed by atoms with Crippen LogP contribution in [0.4, 0.5) is 8.78 Å². The van der Waals surface area contributed by atoms with Gasteiger partial charge in [-0.3, -0.25) is 4.79 Å². The van der Waals surface area contributed by atoms with E-state index in [1.54, 1.807) is 17.6 Å². The average molecular weight is 593 g/mol. The topological polar surface area (TPSA) is 70.4 Å². The molecule has 0 saturated heterocycles. The lowest BCUT2D eigenvalue weighted by atomic mass is 9.86. The van der Waals surface area contributed by atoms with Crippen LogP contribution in [0, 0.1) is 17.2 Å². The maximum Gasteiger partial charge on any atom is 0.343 e. The van der Waals surface area contributed by atoms with Crippen LogP contribution >= 0.6 is 11.6 Å². The molecule has 10 heteroatoms. The Hall–Kier alpha value is -2.62. The molecular formula is C30H39ClF2N2O4Si. The molecule has 3 rings (SSSR count). The SMILES string of the molecule is CCOC(=O)c1cn([C@H](CO[Si](C)(C)C(C)(C)C)C(C)(C)C)c2nc(F)c(Cc3cccc(Cl)c3F)cc2c1=O. The Bertz CT molecular complexity index is 1480. The van der Waals surface area contributed by atoms with Crippen LogP contribution in [-0.4, -0.2) is 37.1 Å². The molecule has 0 unspecified atom stereocenters. The molecule has 0 aliphatic rings. The lowest BCUT2D eigenvalue weighted by molar-refractivity contribution is 0.0522. The molecule has 0 bridgehead atoms. The van der Waals surface area contributed by atoms with E-state index in [1.807, 2.05) is 20.8 Å². The number of nitrogens with zero attached hydrogens (tertiary/aromatic N) is 2. The first-order chi connectivity index (χ1) is 18.4. The summed E-state index contributed by atoms with van der Waals surface area (Å²) < 4.78 is 43.5. The Balaban J connectivity index is 2.27. The summed E-state index contributed by atoms with van der Waals surface area (Å²) in [5.74, 6) is -2.30. The molecule has 2 aromatic heterocycles. The van der Waals surface area contributed by atoms with E-state index in [9.17, 15) is 14.0 Å². The number of ether oxygens (including phenoxy) is 1. The van der Waals surface area contributed by atoms with Crippen molar-refractivity contribution in [2.24, 2.45) is 5.41 Å². The second kappa shape index (κ2) is 11.7. The standard InChI is InChI=1S/C30H39ClF2N2O4Si/c1-10-38-28(37)21-16-35(23(29(2,3)4)17-39-40(8,9)30(5,6)7)27-20(25(21)36)15-19(26(33)34-27)14-18-12-11-13-22(31)24(18)32/h11-13,15-16,23H,10,14,17H2,1-9H3/t23-/m1/s1. The lowest BCUT2D eigenvalue weighted by Crippen LogP contribution is -2.43. The molecule has 40 heavy (non-hydrogen) atoms. The van der Waals surface area contributed by atoms with Crippen molar-refractivity contribution in [3.8, 4) is 0 Å². The van der Waals surface area contributed by atoms with Gasteiger partial charge in [0, 0.05) is 18.2 Å². The van der Waals surface area contributed by atoms with Crippen LogP contribution in [0.2, 0.25) is 23.2 Å². The molecule has 0 spiro atoms. The van der Waals surface area contributed by atoms with Gasteiger partial charge in [-0.2, -0.15) is 4.39 Å². The number of hydrogen-bond acceptors (Lipinski definition) is 5. The van der Waals surface area contributed by atoms with Crippen molar-refractivity contribution in [2.45, 2.75) is 79.1 Å². The highest BCUT2D eigenvalue weighted by Crippen LogP contribution is 2.39. The predicted molar refractivity (Wildman–Crippen MR) is 158 cm³/mol. The summed E-state index contributed by atoms with van der Waals surface area (Å²) in [6, 6.07) is 5.38. The second-order valence-electron chi connectivity index (χ2n) is 12.7. The Kier molecular flexibility index (Phi) is 9.33. The fourth-order valence-electron chi connectivity index (χ4n) is 4.15. The van der Waals surface area contributed by atoms with Gasteiger partial charge in [0.2, 0.25) is 11.4 Å². The smallest absolute Gasteiger partial charge is 0.343 e. The molecule has 0 fully saturated rings. The van der Waals surface area contributed by atoms with Gasteiger partial charge >= 0.3 is 5.97 Å². The van der Waals surface area contributed by atoms with E-state index in [-0.39, 0.29) is 57.4 Å². The van der Waals surface area contributed by atoms with Gasteiger partial charge in [0.15, 0.2) is 8.32 Å². The molecule has 0 N–H and O–H groups in total. The zero-order valence-electron chi connectivity index (χ0n) is 24.7. The van der Waals surface area contributed by atoms with E-state index in [4.69, 9.17) is 20.8 Å². The van der Waals surface area contributed by atoms with E-state index in [2.05, 4.69) is 38.8 Å². The summed E-state index contributed by atoms with van der Waals surface area (Å²) in [5.41, 5.74) is -1.03. The van der Waals surface area contributed by atoms with Gasteiger partial charge in [0.25, 0.3) is 0 Å². The molecule has 218 valence electrons. The third kappa shape index (κ3) is 6.64. The van der Waals surface area contributed by atoms with Crippen LogP contribution in [-0.2, 0) is 15.6 Å². The van der Waals surface area contributed by atoms with Crippen molar-refractivity contribution < 1.29 is 22.7 Å². The fraction of sp³-hybridized carbons (Fsp3) is 0.500. The number of carbonyl (C=O) groups excluding carboxylic acids is 1. The average Bonchev–Trinajstić information content (AvgIpc) is 2.82. The van der Waals surface area contributed by atoms with Crippen molar-refractivity contribution in [1.29, 1.82) is 0 Å². The predicted octanol–water partition coefficient (Wildman–Crippen LogP) is 7.70. The van der Waals surface area contributed by atoms with Crippen LogP contribution < -0.4 is 5.43 Å². The number of carbonyl (C=O) groups is 1. The minimum absolute atomic E-state index is 0.00292. The maximum absolute atomic E-state index is 15.5. The summed E-state index contributed by atoms with van der Waals surface area (Å²) in [4.78, 5) is 30.7. The highest BCUT2D eigenvalue weighted by atomic mass is 35.5. The molecular weight excluding hydrogens is 554 g/mol. The molecule has 3 aromatic rings. The number of fused-ring (bicyclic) bond motifs is 1. The molecule has 0 saturated carbocycles. The number of rotatable bonds is 8. The minimum Gasteiger partial charge on any atom is -0.462 e. The maximum atomic E-state index is 15.5. The molecule has 0 radical (unpaired) electrons. The fourth-order valence-corrected chi connectivity index (χ4v) is 5.35. The van der Waals surface area contributed by atoms with Crippen LogP contribution in [0.1, 0.15) is 76.0 Å². The molecule has 1 aromatic carbocycles. The Morgan fingerprint density at radius 2 is 1.77 bits per heavy atom. The van der Waals surface area contributed by atoms with Crippen molar-refractivity contribution in [1.82, 2.24) is 9.55 Å². The van der Waals surface area contributed by atoms with E-state index in [0.29, 0.717) is 0 Å². The van der Waals surface area contributed by atoms with E-state index in [0.717, 1.165) is 0 Å². The summed E-state index contributed by atoms with van der Waals surface area (Å²) in [6.45, 7) is 18.7. The second-order valence-corrected chi connectivity index (χ2v) is 17.9. The van der Waals surface area contributed by atoms with Gasteiger partial charge in [0.05, 0.1) is 29.7 Å². The summed E-state index contributed by atoms with van der Waals surface area (Å²) in [5, 5.41) is -0.106. The van der Waals surface area contributed by atoms with Crippen LogP contribution in [0.25, 0.3) is 11.0 Å². The first-order valence-electron chi connectivity index (χ1n) is 13.4. The first-order valence-corrected chi connectivity index (χ1v) is 16.7. The van der Waals surface area contributed by atoms with Gasteiger partial charge in [-0.15, -0.1) is 0 Å². The molecule has 0 amide bonds. The van der Waals surface area contributed by atoms with Gasteiger partial charge < -0.3 is 13.7 Å². The van der Waals surface area contributed by atoms with Gasteiger partial charge in [-0.25, -0.2) is 14.2 Å². The number of hydrogen-bond donors (Lipinski definition) is 0. The molecule has 0 aliphatic carbocycles. The van der Waals surface area contributed by atoms with Crippen LogP contribution in [0.15, 0.2) is 35.3 Å². The van der Waals surface area contributed by atoms with Crippen molar-refractivity contribution in [3.05, 3.63) is 74.2 Å². The highest BCUT2D eigenvalue weighted by Gasteiger charge is 2.39. The van der Waals surface area contributed by atoms with Gasteiger partial charge in [-0.05, 0) is 48.2 Å². The largest absolute Gasteiger partial charge is 0.462 e. The summed E-state index contributed by atoms with van der Waals surface area (Å²) >= 11 is 5.92. The molecule has 6 nitrogen and oxygen atoms in total. The number of benzene rings is 1. The molecule has 1 atom stereocenters. The summed E-state index contributed by atoms with van der Waals surface area (Å²) in [7, 11) is -2.19. The quantitative estimate of drug-likeness (QED) is 0.152. The third-order valence-electron chi connectivity index (χ3n) is 7.68.